The number of benzene rings is 2. The molecule has 1 atom stereocenters. The zero-order valence-corrected chi connectivity index (χ0v) is 15.0. The fourth-order valence-corrected chi connectivity index (χ4v) is 3.00. The molecule has 134 valence electrons. The maximum absolute atomic E-state index is 12.3. The summed E-state index contributed by atoms with van der Waals surface area (Å²) in [6.07, 6.45) is 0.0594. The smallest absolute Gasteiger partial charge is 0.311 e. The van der Waals surface area contributed by atoms with Crippen LogP contribution in [0.1, 0.15) is 22.3 Å². The van der Waals surface area contributed by atoms with Crippen molar-refractivity contribution in [1.29, 1.82) is 0 Å². The van der Waals surface area contributed by atoms with Gasteiger partial charge in [-0.2, -0.15) is 0 Å². The molecule has 0 aromatic heterocycles. The van der Waals surface area contributed by atoms with Crippen LogP contribution in [0, 0.1) is 12.8 Å². The van der Waals surface area contributed by atoms with E-state index in [-0.39, 0.29) is 31.3 Å². The average Bonchev–Trinajstić information content (AvgIpc) is 3.04. The lowest BCUT2D eigenvalue weighted by Crippen LogP contribution is -2.27. The lowest BCUT2D eigenvalue weighted by molar-refractivity contribution is -0.147. The maximum atomic E-state index is 12.3. The summed E-state index contributed by atoms with van der Waals surface area (Å²) in [4.78, 5) is 38.0. The van der Waals surface area contributed by atoms with Crippen LogP contribution in [-0.4, -0.2) is 30.8 Å². The Balaban J connectivity index is 1.60. The second-order valence-corrected chi connectivity index (χ2v) is 6.64. The molecule has 1 amide bonds. The first-order valence-corrected chi connectivity index (χ1v) is 8.65. The Morgan fingerprint density at radius 2 is 1.92 bits per heavy atom. The summed E-state index contributed by atoms with van der Waals surface area (Å²) in [7, 11) is 0. The number of halogens is 1. The third kappa shape index (κ3) is 3.94. The average molecular weight is 372 g/mol. The van der Waals surface area contributed by atoms with Crippen LogP contribution >= 0.6 is 11.6 Å². The largest absolute Gasteiger partial charge is 0.457 e. The number of nitrogens with zero attached hydrogens (tertiary/aromatic N) is 1. The molecule has 26 heavy (non-hydrogen) atoms. The van der Waals surface area contributed by atoms with Crippen LogP contribution in [0.2, 0.25) is 5.02 Å². The van der Waals surface area contributed by atoms with E-state index in [0.717, 1.165) is 5.56 Å². The SMILES string of the molecule is Cc1ccc(N2CC(C(=O)OCC(=O)c3ccccc3)CC2=O)cc1Cl. The quantitative estimate of drug-likeness (QED) is 0.596. The maximum Gasteiger partial charge on any atom is 0.311 e. The molecule has 5 nitrogen and oxygen atoms in total. The lowest BCUT2D eigenvalue weighted by Gasteiger charge is -2.17. The molecule has 2 aromatic carbocycles. The Hall–Kier alpha value is -2.66. The number of Topliss-reactive ketones (excluding diaryl/α,β-unsaturated/α-hetero) is 1. The van der Waals surface area contributed by atoms with Gasteiger partial charge in [0.15, 0.2) is 12.4 Å². The molecule has 1 aliphatic rings. The lowest BCUT2D eigenvalue weighted by atomic mass is 10.1. The number of anilines is 1. The zero-order chi connectivity index (χ0) is 18.7. The van der Waals surface area contributed by atoms with Gasteiger partial charge in [-0.3, -0.25) is 14.4 Å². The summed E-state index contributed by atoms with van der Waals surface area (Å²) in [6, 6.07) is 14.0. The Morgan fingerprint density at radius 1 is 1.19 bits per heavy atom. The first kappa shape index (κ1) is 18.1. The van der Waals surface area contributed by atoms with E-state index in [1.54, 1.807) is 42.5 Å². The Bertz CT molecular complexity index is 850. The highest BCUT2D eigenvalue weighted by atomic mass is 35.5. The van der Waals surface area contributed by atoms with Crippen molar-refractivity contribution in [3.05, 3.63) is 64.7 Å². The third-order valence-electron chi connectivity index (χ3n) is 4.37. The highest BCUT2D eigenvalue weighted by Crippen LogP contribution is 2.29. The van der Waals surface area contributed by atoms with Gasteiger partial charge >= 0.3 is 5.97 Å². The molecule has 2 aromatic rings. The van der Waals surface area contributed by atoms with Crippen LogP contribution in [0.4, 0.5) is 5.69 Å². The van der Waals surface area contributed by atoms with Crippen molar-refractivity contribution in [2.45, 2.75) is 13.3 Å². The first-order chi connectivity index (χ1) is 12.5. The second kappa shape index (κ2) is 7.70. The molecule has 1 saturated heterocycles. The number of hydrogen-bond acceptors (Lipinski definition) is 4. The monoisotopic (exact) mass is 371 g/mol. The highest BCUT2D eigenvalue weighted by Gasteiger charge is 2.36. The summed E-state index contributed by atoms with van der Waals surface area (Å²) in [5, 5.41) is 0.565. The van der Waals surface area contributed by atoms with Gasteiger partial charge in [-0.05, 0) is 24.6 Å². The molecule has 0 spiro atoms. The molecule has 0 bridgehead atoms. The van der Waals surface area contributed by atoms with Gasteiger partial charge in [0.05, 0.1) is 5.92 Å². The fraction of sp³-hybridized carbons (Fsp3) is 0.250. The molecule has 1 aliphatic heterocycles. The van der Waals surface area contributed by atoms with E-state index < -0.39 is 11.9 Å². The molecule has 0 aliphatic carbocycles. The first-order valence-electron chi connectivity index (χ1n) is 8.27. The molecular formula is C20H18ClNO4. The van der Waals surface area contributed by atoms with Crippen LogP contribution < -0.4 is 4.90 Å². The Labute approximate surface area is 156 Å². The molecule has 1 fully saturated rings. The standard InChI is InChI=1S/C20H18ClNO4/c1-13-7-8-16(10-17(13)21)22-11-15(9-19(22)24)20(25)26-12-18(23)14-5-3-2-4-6-14/h2-8,10,15H,9,11-12H2,1H3. The number of amides is 1. The predicted molar refractivity (Wildman–Crippen MR) is 98.4 cm³/mol. The fourth-order valence-electron chi connectivity index (χ4n) is 2.83. The number of rotatable bonds is 5. The van der Waals surface area contributed by atoms with Gasteiger partial charge in [0.1, 0.15) is 0 Å². The van der Waals surface area contributed by atoms with Crippen molar-refractivity contribution >= 4 is 34.9 Å². The predicted octanol–water partition coefficient (Wildman–Crippen LogP) is 3.43. The van der Waals surface area contributed by atoms with Gasteiger partial charge in [-0.25, -0.2) is 0 Å². The number of ketones is 1. The van der Waals surface area contributed by atoms with Crippen molar-refractivity contribution in [2.75, 3.05) is 18.1 Å². The molecule has 0 saturated carbocycles. The summed E-state index contributed by atoms with van der Waals surface area (Å²) < 4.78 is 5.12. The van der Waals surface area contributed by atoms with Crippen LogP contribution in [0.25, 0.3) is 0 Å². The normalized spacial score (nSPS) is 16.6. The highest BCUT2D eigenvalue weighted by molar-refractivity contribution is 6.31. The molecule has 3 rings (SSSR count). The van der Waals surface area contributed by atoms with Gasteiger partial charge < -0.3 is 9.64 Å². The van der Waals surface area contributed by atoms with E-state index in [9.17, 15) is 14.4 Å². The van der Waals surface area contributed by atoms with Crippen molar-refractivity contribution in [1.82, 2.24) is 0 Å². The topological polar surface area (TPSA) is 63.7 Å². The number of carbonyl (C=O) groups excluding carboxylic acids is 3. The molecule has 0 radical (unpaired) electrons. The van der Waals surface area contributed by atoms with Crippen LogP contribution in [0.5, 0.6) is 0 Å². The van der Waals surface area contributed by atoms with Crippen molar-refractivity contribution in [3.63, 3.8) is 0 Å². The Kier molecular flexibility index (Phi) is 5.38. The van der Waals surface area contributed by atoms with Gasteiger partial charge in [0, 0.05) is 29.2 Å². The van der Waals surface area contributed by atoms with E-state index in [1.165, 1.54) is 4.90 Å². The summed E-state index contributed by atoms with van der Waals surface area (Å²) >= 11 is 6.11. The minimum atomic E-state index is -0.592. The summed E-state index contributed by atoms with van der Waals surface area (Å²) in [6.45, 7) is 1.77. The van der Waals surface area contributed by atoms with Gasteiger partial charge in [-0.1, -0.05) is 48.0 Å². The third-order valence-corrected chi connectivity index (χ3v) is 4.77. The molecule has 1 unspecified atom stereocenters. The second-order valence-electron chi connectivity index (χ2n) is 6.24. The van der Waals surface area contributed by atoms with Crippen molar-refractivity contribution < 1.29 is 19.1 Å². The van der Waals surface area contributed by atoms with E-state index in [4.69, 9.17) is 16.3 Å². The zero-order valence-electron chi connectivity index (χ0n) is 14.3. The number of hydrogen-bond donors (Lipinski definition) is 0. The molecule has 0 N–H and O–H groups in total. The van der Waals surface area contributed by atoms with E-state index in [1.807, 2.05) is 13.0 Å². The summed E-state index contributed by atoms with van der Waals surface area (Å²) in [5.74, 6) is -1.57. The summed E-state index contributed by atoms with van der Waals surface area (Å²) in [5.41, 5.74) is 2.05. The van der Waals surface area contributed by atoms with E-state index in [2.05, 4.69) is 0 Å². The van der Waals surface area contributed by atoms with Crippen LogP contribution in [-0.2, 0) is 14.3 Å². The number of aryl methyl sites for hydroxylation is 1. The number of esters is 1. The van der Waals surface area contributed by atoms with E-state index in [0.29, 0.717) is 16.3 Å². The van der Waals surface area contributed by atoms with Gasteiger partial charge in [0.2, 0.25) is 5.91 Å². The van der Waals surface area contributed by atoms with E-state index >= 15 is 0 Å². The molecule has 6 heteroatoms. The van der Waals surface area contributed by atoms with Crippen molar-refractivity contribution in [2.24, 2.45) is 5.92 Å². The van der Waals surface area contributed by atoms with Gasteiger partial charge in [0.25, 0.3) is 0 Å². The van der Waals surface area contributed by atoms with Crippen LogP contribution in [0.3, 0.4) is 0 Å². The number of carbonyl (C=O) groups is 3. The van der Waals surface area contributed by atoms with Gasteiger partial charge in [-0.15, -0.1) is 0 Å². The molecular weight excluding hydrogens is 354 g/mol. The Morgan fingerprint density at radius 3 is 2.62 bits per heavy atom. The van der Waals surface area contributed by atoms with Crippen molar-refractivity contribution in [3.8, 4) is 0 Å². The minimum Gasteiger partial charge on any atom is -0.457 e. The molecule has 1 heterocycles. The number of ether oxygens (including phenoxy) is 1. The minimum absolute atomic E-state index is 0.0594. The van der Waals surface area contributed by atoms with Crippen LogP contribution in [0.15, 0.2) is 48.5 Å².